The van der Waals surface area contributed by atoms with Crippen LogP contribution in [0.15, 0.2) is 9.31 Å². The number of sulfonamides is 1. The molecule has 2 aliphatic carbocycles. The van der Waals surface area contributed by atoms with Crippen LogP contribution in [0.25, 0.3) is 0 Å². The van der Waals surface area contributed by atoms with Crippen molar-refractivity contribution in [1.82, 2.24) is 9.21 Å². The first-order valence-corrected chi connectivity index (χ1v) is 10.8. The van der Waals surface area contributed by atoms with E-state index in [4.69, 9.17) is 4.42 Å². The van der Waals surface area contributed by atoms with Crippen molar-refractivity contribution in [2.24, 2.45) is 17.8 Å². The normalized spacial score (nSPS) is 26.2. The van der Waals surface area contributed by atoms with Gasteiger partial charge in [-0.2, -0.15) is 4.31 Å². The van der Waals surface area contributed by atoms with Gasteiger partial charge in [0.15, 0.2) is 0 Å². The second kappa shape index (κ2) is 6.34. The van der Waals surface area contributed by atoms with Crippen LogP contribution < -0.4 is 0 Å². The molecule has 1 aromatic heterocycles. The van der Waals surface area contributed by atoms with E-state index in [1.165, 1.54) is 31.0 Å². The molecule has 4 rings (SSSR count). The fourth-order valence-electron chi connectivity index (χ4n) is 4.28. The number of hydrogen-bond donors (Lipinski definition) is 1. The van der Waals surface area contributed by atoms with Crippen LogP contribution in [-0.4, -0.2) is 60.8 Å². The first kappa shape index (κ1) is 18.5. The second-order valence-corrected chi connectivity index (χ2v) is 9.67. The van der Waals surface area contributed by atoms with Crippen LogP contribution in [0.4, 0.5) is 0 Å². The lowest BCUT2D eigenvalue weighted by molar-refractivity contribution is -0.134. The number of rotatable bonds is 5. The van der Waals surface area contributed by atoms with Crippen molar-refractivity contribution < 1.29 is 27.5 Å². The van der Waals surface area contributed by atoms with Crippen LogP contribution >= 0.6 is 0 Å². The molecule has 1 amide bonds. The van der Waals surface area contributed by atoms with Gasteiger partial charge in [0, 0.05) is 32.1 Å². The first-order valence-electron chi connectivity index (χ1n) is 9.34. The fourth-order valence-corrected chi connectivity index (χ4v) is 6.07. The average molecular weight is 396 g/mol. The van der Waals surface area contributed by atoms with Gasteiger partial charge in [-0.3, -0.25) is 4.79 Å². The predicted octanol–water partition coefficient (Wildman–Crippen LogP) is 1.47. The SMILES string of the molecule is Cc1oc(C)c(S(=O)(=O)N2CCN(C(=O)C3CC3C3CC3)CC2)c1C(=O)O. The van der Waals surface area contributed by atoms with E-state index in [9.17, 15) is 23.1 Å². The topological polar surface area (TPSA) is 108 Å². The molecule has 148 valence electrons. The maximum Gasteiger partial charge on any atom is 0.340 e. The van der Waals surface area contributed by atoms with Gasteiger partial charge in [0.2, 0.25) is 15.9 Å². The zero-order valence-electron chi connectivity index (χ0n) is 15.5. The molecule has 2 saturated carbocycles. The molecule has 1 aliphatic heterocycles. The van der Waals surface area contributed by atoms with Gasteiger partial charge >= 0.3 is 5.97 Å². The Labute approximate surface area is 158 Å². The number of aromatic carboxylic acids is 1. The first-order chi connectivity index (χ1) is 12.7. The number of furan rings is 1. The van der Waals surface area contributed by atoms with E-state index in [1.807, 2.05) is 0 Å². The second-order valence-electron chi connectivity index (χ2n) is 7.80. The van der Waals surface area contributed by atoms with Gasteiger partial charge < -0.3 is 14.4 Å². The van der Waals surface area contributed by atoms with Crippen LogP contribution in [0.2, 0.25) is 0 Å². The molecule has 27 heavy (non-hydrogen) atoms. The van der Waals surface area contributed by atoms with Crippen LogP contribution in [-0.2, 0) is 14.8 Å². The highest BCUT2D eigenvalue weighted by atomic mass is 32.2. The molecule has 1 aromatic rings. The van der Waals surface area contributed by atoms with Crippen molar-refractivity contribution in [3.8, 4) is 0 Å². The average Bonchev–Trinajstić information content (AvgIpc) is 3.50. The number of hydrogen-bond acceptors (Lipinski definition) is 5. The number of carbonyl (C=O) groups is 2. The number of aryl methyl sites for hydroxylation is 2. The highest BCUT2D eigenvalue weighted by Crippen LogP contribution is 2.54. The summed E-state index contributed by atoms with van der Waals surface area (Å²) in [6.45, 7) is 3.90. The maximum absolute atomic E-state index is 13.0. The fraction of sp³-hybridized carbons (Fsp3) is 0.667. The summed E-state index contributed by atoms with van der Waals surface area (Å²) in [5, 5.41) is 9.38. The Morgan fingerprint density at radius 1 is 1.07 bits per heavy atom. The summed E-state index contributed by atoms with van der Waals surface area (Å²) >= 11 is 0. The molecule has 2 atom stereocenters. The number of carbonyl (C=O) groups excluding carboxylic acids is 1. The summed E-state index contributed by atoms with van der Waals surface area (Å²) in [7, 11) is -3.99. The third-order valence-corrected chi connectivity index (χ3v) is 8.00. The molecule has 3 aliphatic rings. The molecule has 0 radical (unpaired) electrons. The number of piperazine rings is 1. The Bertz CT molecular complexity index is 893. The molecule has 0 aromatic carbocycles. The largest absolute Gasteiger partial charge is 0.478 e. The quantitative estimate of drug-likeness (QED) is 0.807. The van der Waals surface area contributed by atoms with Crippen LogP contribution in [0.1, 0.15) is 41.1 Å². The van der Waals surface area contributed by atoms with Gasteiger partial charge in [-0.1, -0.05) is 0 Å². The van der Waals surface area contributed by atoms with Gasteiger partial charge in [0.25, 0.3) is 0 Å². The number of carboxylic acids is 1. The summed E-state index contributed by atoms with van der Waals surface area (Å²) in [4.78, 5) is 25.6. The highest BCUT2D eigenvalue weighted by Gasteiger charge is 2.52. The van der Waals surface area contributed by atoms with Crippen LogP contribution in [0, 0.1) is 31.6 Å². The summed E-state index contributed by atoms with van der Waals surface area (Å²) in [6.07, 6.45) is 3.43. The summed E-state index contributed by atoms with van der Waals surface area (Å²) in [5.74, 6) is 0.359. The Hall–Kier alpha value is -1.87. The minimum Gasteiger partial charge on any atom is -0.478 e. The Morgan fingerprint density at radius 3 is 2.26 bits per heavy atom. The molecule has 8 nitrogen and oxygen atoms in total. The van der Waals surface area contributed by atoms with Crippen molar-refractivity contribution in [2.45, 2.75) is 38.0 Å². The molecular weight excluding hydrogens is 372 g/mol. The van der Waals surface area contributed by atoms with Crippen molar-refractivity contribution in [2.75, 3.05) is 26.2 Å². The van der Waals surface area contributed by atoms with E-state index in [2.05, 4.69) is 0 Å². The van der Waals surface area contributed by atoms with Gasteiger partial charge in [-0.15, -0.1) is 0 Å². The smallest absolute Gasteiger partial charge is 0.340 e. The van der Waals surface area contributed by atoms with Crippen molar-refractivity contribution in [1.29, 1.82) is 0 Å². The van der Waals surface area contributed by atoms with Gasteiger partial charge in [-0.05, 0) is 44.9 Å². The lowest BCUT2D eigenvalue weighted by Crippen LogP contribution is -2.51. The Kier molecular flexibility index (Phi) is 4.34. The van der Waals surface area contributed by atoms with Gasteiger partial charge in [0.1, 0.15) is 22.0 Å². The molecule has 2 heterocycles. The van der Waals surface area contributed by atoms with Crippen LogP contribution in [0.5, 0.6) is 0 Å². The molecule has 9 heteroatoms. The number of amides is 1. The van der Waals surface area contributed by atoms with E-state index in [1.54, 1.807) is 4.90 Å². The predicted molar refractivity (Wildman–Crippen MR) is 94.8 cm³/mol. The zero-order valence-corrected chi connectivity index (χ0v) is 16.3. The summed E-state index contributed by atoms with van der Waals surface area (Å²) in [5.41, 5.74) is -0.309. The number of nitrogens with zero attached hydrogens (tertiary/aromatic N) is 2. The summed E-state index contributed by atoms with van der Waals surface area (Å²) < 4.78 is 32.6. The zero-order chi connectivity index (χ0) is 19.5. The standard InChI is InChI=1S/C18H24N2O6S/c1-10-15(18(22)23)16(11(2)26-10)27(24,25)20-7-5-19(6-8-20)17(21)14-9-13(14)12-3-4-12/h12-14H,3-9H2,1-2H3,(H,22,23). The van der Waals surface area contributed by atoms with E-state index >= 15 is 0 Å². The van der Waals surface area contributed by atoms with Crippen LogP contribution in [0.3, 0.4) is 0 Å². The molecule has 3 fully saturated rings. The van der Waals surface area contributed by atoms with E-state index in [0.29, 0.717) is 19.0 Å². The number of carboxylic acid groups (broad SMARTS) is 1. The van der Waals surface area contributed by atoms with Gasteiger partial charge in [0.05, 0.1) is 0 Å². The molecule has 1 saturated heterocycles. The Balaban J connectivity index is 1.46. The monoisotopic (exact) mass is 396 g/mol. The lowest BCUT2D eigenvalue weighted by Gasteiger charge is -2.34. The third-order valence-electron chi connectivity index (χ3n) is 5.95. The molecule has 0 bridgehead atoms. The lowest BCUT2D eigenvalue weighted by atomic mass is 10.2. The highest BCUT2D eigenvalue weighted by molar-refractivity contribution is 7.89. The third kappa shape index (κ3) is 3.16. The van der Waals surface area contributed by atoms with Crippen molar-refractivity contribution in [3.63, 3.8) is 0 Å². The van der Waals surface area contributed by atoms with E-state index < -0.39 is 16.0 Å². The molecular formula is C18H24N2O6S. The minimum atomic E-state index is -3.99. The molecule has 2 unspecified atom stereocenters. The molecule has 0 spiro atoms. The van der Waals surface area contributed by atoms with E-state index in [-0.39, 0.29) is 46.9 Å². The van der Waals surface area contributed by atoms with Gasteiger partial charge in [-0.25, -0.2) is 13.2 Å². The van der Waals surface area contributed by atoms with E-state index in [0.717, 1.165) is 12.3 Å². The van der Waals surface area contributed by atoms with Crippen molar-refractivity contribution in [3.05, 3.63) is 17.1 Å². The summed E-state index contributed by atoms with van der Waals surface area (Å²) in [6, 6.07) is 0. The maximum atomic E-state index is 13.0. The minimum absolute atomic E-state index is 0.0761. The Morgan fingerprint density at radius 2 is 1.70 bits per heavy atom. The van der Waals surface area contributed by atoms with Crippen molar-refractivity contribution >= 4 is 21.9 Å². The molecule has 1 N–H and O–H groups in total.